The standard InChI is InChI=1S/C41H48O12/c1-22(42)48-29-19-30(49-23(2)43)38(5)28-18-33(50-24(3)44)53-40(7)27(26-15-16-46-20-26)17-31-41(40,52-31)39(28,6)36(34-35(38)37(29,4)21-47-34)51-32(45)14-13-25-11-9-8-10-12-25/h8-16,20,27-31,33-36H,17-19,21H2,1-7H3/b14-13+/t27-,28?,29+,30-,31?,33?,34+,35?,36+,37+,38-,39-,40-,41?/m0/s1. The van der Waals surface area contributed by atoms with E-state index >= 15 is 0 Å². The first-order valence-corrected chi connectivity index (χ1v) is 18.5. The second-order valence-corrected chi connectivity index (χ2v) is 16.7. The molecule has 12 heteroatoms. The third-order valence-electron chi connectivity index (χ3n) is 14.0. The molecule has 3 saturated heterocycles. The summed E-state index contributed by atoms with van der Waals surface area (Å²) in [6.07, 6.45) is 3.01. The minimum atomic E-state index is -1.10. The summed E-state index contributed by atoms with van der Waals surface area (Å²) in [4.78, 5) is 52.4. The molecule has 1 aromatic carbocycles. The van der Waals surface area contributed by atoms with Gasteiger partial charge in [0.2, 0.25) is 6.29 Å². The maximum Gasteiger partial charge on any atom is 0.331 e. The zero-order chi connectivity index (χ0) is 37.7. The number of carbonyl (C=O) groups is 4. The Balaban J connectivity index is 1.34. The van der Waals surface area contributed by atoms with Crippen LogP contribution >= 0.6 is 0 Å². The van der Waals surface area contributed by atoms with Crippen molar-refractivity contribution in [1.29, 1.82) is 0 Å². The molecular formula is C41H48O12. The number of epoxide rings is 1. The molecule has 0 bridgehead atoms. The summed E-state index contributed by atoms with van der Waals surface area (Å²) >= 11 is 0. The summed E-state index contributed by atoms with van der Waals surface area (Å²) in [5, 5.41) is 0. The Morgan fingerprint density at radius 3 is 2.17 bits per heavy atom. The van der Waals surface area contributed by atoms with E-state index in [1.54, 1.807) is 18.6 Å². The van der Waals surface area contributed by atoms with Gasteiger partial charge in [0.1, 0.15) is 29.5 Å². The quantitative estimate of drug-likeness (QED) is 0.153. The molecule has 3 aliphatic carbocycles. The molecule has 4 heterocycles. The predicted molar refractivity (Wildman–Crippen MR) is 185 cm³/mol. The van der Waals surface area contributed by atoms with Crippen molar-refractivity contribution in [2.75, 3.05) is 6.61 Å². The van der Waals surface area contributed by atoms with Crippen LogP contribution in [0, 0.1) is 28.1 Å². The number of rotatable bonds is 7. The number of carbonyl (C=O) groups excluding carboxylic acids is 4. The number of benzene rings is 1. The molecule has 1 spiro atoms. The van der Waals surface area contributed by atoms with Crippen LogP contribution in [-0.2, 0) is 52.3 Å². The number of hydrogen-bond acceptors (Lipinski definition) is 12. The Morgan fingerprint density at radius 1 is 0.811 bits per heavy atom. The molecule has 6 aliphatic rings. The first-order valence-electron chi connectivity index (χ1n) is 18.5. The average molecular weight is 733 g/mol. The molecule has 284 valence electrons. The molecular weight excluding hydrogens is 684 g/mol. The van der Waals surface area contributed by atoms with E-state index in [0.29, 0.717) is 6.42 Å². The van der Waals surface area contributed by atoms with Crippen molar-refractivity contribution in [3.63, 3.8) is 0 Å². The molecule has 0 amide bonds. The van der Waals surface area contributed by atoms with Gasteiger partial charge in [0.15, 0.2) is 0 Å². The third kappa shape index (κ3) is 5.04. The molecule has 0 radical (unpaired) electrons. The number of fused-ring (bicyclic) bond motifs is 2. The van der Waals surface area contributed by atoms with Crippen LogP contribution in [0.5, 0.6) is 0 Å². The topological polar surface area (TPSA) is 149 Å². The molecule has 53 heavy (non-hydrogen) atoms. The van der Waals surface area contributed by atoms with Gasteiger partial charge in [-0.25, -0.2) is 4.79 Å². The van der Waals surface area contributed by atoms with Crippen LogP contribution in [-0.4, -0.2) is 78.5 Å². The molecule has 3 aliphatic heterocycles. The van der Waals surface area contributed by atoms with E-state index in [1.807, 2.05) is 50.2 Å². The maximum absolute atomic E-state index is 14.1. The van der Waals surface area contributed by atoms with Crippen molar-refractivity contribution in [3.8, 4) is 0 Å². The summed E-state index contributed by atoms with van der Waals surface area (Å²) in [7, 11) is 0. The first kappa shape index (κ1) is 36.0. The van der Waals surface area contributed by atoms with Gasteiger partial charge in [-0.05, 0) is 42.5 Å². The van der Waals surface area contributed by atoms with Gasteiger partial charge in [-0.3, -0.25) is 14.4 Å². The summed E-state index contributed by atoms with van der Waals surface area (Å²) in [5.41, 5.74) is -3.16. The van der Waals surface area contributed by atoms with Gasteiger partial charge >= 0.3 is 23.9 Å². The predicted octanol–water partition coefficient (Wildman–Crippen LogP) is 5.53. The maximum atomic E-state index is 14.1. The van der Waals surface area contributed by atoms with Gasteiger partial charge in [-0.1, -0.05) is 51.1 Å². The number of hydrogen-bond donors (Lipinski definition) is 0. The van der Waals surface area contributed by atoms with Crippen LogP contribution in [0.4, 0.5) is 0 Å². The van der Waals surface area contributed by atoms with Crippen LogP contribution in [0.15, 0.2) is 59.4 Å². The van der Waals surface area contributed by atoms with Crippen molar-refractivity contribution in [2.24, 2.45) is 28.1 Å². The lowest BCUT2D eigenvalue weighted by atomic mass is 9.38. The van der Waals surface area contributed by atoms with E-state index in [0.717, 1.165) is 11.1 Å². The largest absolute Gasteiger partial charge is 0.472 e. The van der Waals surface area contributed by atoms with Crippen LogP contribution in [0.25, 0.3) is 6.08 Å². The molecule has 1 aromatic heterocycles. The fraction of sp³-hybridized carbons (Fsp3) is 0.610. The number of esters is 4. The highest BCUT2D eigenvalue weighted by Gasteiger charge is 2.90. The molecule has 5 unspecified atom stereocenters. The summed E-state index contributed by atoms with van der Waals surface area (Å²) in [6, 6.07) is 11.4. The fourth-order valence-electron chi connectivity index (χ4n) is 12.2. The monoisotopic (exact) mass is 732 g/mol. The Labute approximate surface area is 308 Å². The lowest BCUT2D eigenvalue weighted by molar-refractivity contribution is -0.280. The normalized spacial score (nSPS) is 44.8. The Kier molecular flexibility index (Phi) is 8.33. The third-order valence-corrected chi connectivity index (χ3v) is 14.0. The molecule has 3 saturated carbocycles. The SMILES string of the molecule is CC(=O)OC1CC2[C@]3(C)C4[C@@H](OC[C@]4(C)[C@H](OC(C)=O)C[C@@H]3OC(C)=O)[C@@H](OC(=O)/C=C/c3ccccc3)[C@@]2(C)C23OC2C[C@@H](c2ccoc2)[C@]3(C)O1. The van der Waals surface area contributed by atoms with E-state index in [1.165, 1.54) is 26.8 Å². The highest BCUT2D eigenvalue weighted by molar-refractivity contribution is 5.87. The molecule has 0 N–H and O–H groups in total. The lowest BCUT2D eigenvalue weighted by Crippen LogP contribution is -2.75. The van der Waals surface area contributed by atoms with E-state index in [-0.39, 0.29) is 31.5 Å². The van der Waals surface area contributed by atoms with Gasteiger partial charge in [-0.15, -0.1) is 0 Å². The van der Waals surface area contributed by atoms with Crippen molar-refractivity contribution < 1.29 is 56.8 Å². The van der Waals surface area contributed by atoms with Crippen LogP contribution in [0.3, 0.4) is 0 Å². The molecule has 6 fully saturated rings. The Bertz CT molecular complexity index is 1820. The second kappa shape index (κ2) is 12.3. The second-order valence-electron chi connectivity index (χ2n) is 16.7. The van der Waals surface area contributed by atoms with Gasteiger partial charge < -0.3 is 37.6 Å². The number of furan rings is 1. The van der Waals surface area contributed by atoms with E-state index in [2.05, 4.69) is 13.8 Å². The fourth-order valence-corrected chi connectivity index (χ4v) is 12.2. The smallest absolute Gasteiger partial charge is 0.331 e. The highest BCUT2D eigenvalue weighted by atomic mass is 16.7. The summed E-state index contributed by atoms with van der Waals surface area (Å²) in [6.45, 7) is 12.5. The zero-order valence-electron chi connectivity index (χ0n) is 31.2. The van der Waals surface area contributed by atoms with Gasteiger partial charge in [0.05, 0.1) is 31.3 Å². The van der Waals surface area contributed by atoms with Crippen molar-refractivity contribution >= 4 is 30.0 Å². The first-order chi connectivity index (χ1) is 25.1. The lowest BCUT2D eigenvalue weighted by Gasteiger charge is -2.67. The summed E-state index contributed by atoms with van der Waals surface area (Å²) in [5.74, 6) is -3.21. The van der Waals surface area contributed by atoms with Crippen LogP contribution in [0.2, 0.25) is 0 Å². The van der Waals surface area contributed by atoms with Crippen molar-refractivity contribution in [1.82, 2.24) is 0 Å². The van der Waals surface area contributed by atoms with Crippen molar-refractivity contribution in [2.45, 2.75) is 122 Å². The van der Waals surface area contributed by atoms with Crippen molar-refractivity contribution in [3.05, 3.63) is 66.1 Å². The van der Waals surface area contributed by atoms with Crippen LogP contribution < -0.4 is 0 Å². The van der Waals surface area contributed by atoms with E-state index < -0.39 is 93.9 Å². The van der Waals surface area contributed by atoms with Crippen LogP contribution in [0.1, 0.15) is 84.8 Å². The van der Waals surface area contributed by atoms with E-state index in [9.17, 15) is 19.2 Å². The zero-order valence-corrected chi connectivity index (χ0v) is 31.2. The molecule has 14 atom stereocenters. The minimum absolute atomic E-state index is 0.182. The highest BCUT2D eigenvalue weighted by Crippen LogP contribution is 2.80. The molecule has 2 aromatic rings. The Morgan fingerprint density at radius 2 is 1.51 bits per heavy atom. The van der Waals surface area contributed by atoms with Gasteiger partial charge in [0, 0.05) is 67.8 Å². The average Bonchev–Trinajstić information content (AvgIpc) is 3.33. The van der Waals surface area contributed by atoms with Gasteiger partial charge in [0.25, 0.3) is 0 Å². The van der Waals surface area contributed by atoms with E-state index in [4.69, 9.17) is 37.6 Å². The summed E-state index contributed by atoms with van der Waals surface area (Å²) < 4.78 is 51.4. The molecule has 12 nitrogen and oxygen atoms in total. The number of ether oxygens (including phenoxy) is 7. The van der Waals surface area contributed by atoms with Gasteiger partial charge in [-0.2, -0.15) is 0 Å². The minimum Gasteiger partial charge on any atom is -0.472 e. The molecule has 8 rings (SSSR count). The Hall–Kier alpha value is -4.00.